The fraction of sp³-hybridized carbons (Fsp3) is 0.150. The van der Waals surface area contributed by atoms with Crippen LogP contribution in [0.5, 0.6) is 11.5 Å². The number of amides is 1. The summed E-state index contributed by atoms with van der Waals surface area (Å²) in [6.45, 7) is -0.0934. The maximum absolute atomic E-state index is 12.0. The molecule has 0 bridgehead atoms. The number of ether oxygens (including phenoxy) is 2. The van der Waals surface area contributed by atoms with Crippen LogP contribution in [-0.4, -0.2) is 47.1 Å². The Bertz CT molecular complexity index is 990. The van der Waals surface area contributed by atoms with Crippen LogP contribution in [0, 0.1) is 0 Å². The smallest absolute Gasteiger partial charge is 0.490 e. The van der Waals surface area contributed by atoms with E-state index in [2.05, 4.69) is 15.5 Å². The van der Waals surface area contributed by atoms with Gasteiger partial charge in [-0.05, 0) is 29.8 Å². The van der Waals surface area contributed by atoms with Crippen molar-refractivity contribution in [3.05, 3.63) is 60.9 Å². The molecular formula is C20H18F3N3O5. The molecule has 0 saturated carbocycles. The molecule has 0 aliphatic rings. The lowest BCUT2D eigenvalue weighted by atomic mass is 10.1. The van der Waals surface area contributed by atoms with Crippen molar-refractivity contribution in [3.8, 4) is 22.6 Å². The molecule has 1 heterocycles. The highest BCUT2D eigenvalue weighted by Gasteiger charge is 2.38. The van der Waals surface area contributed by atoms with Gasteiger partial charge in [0.1, 0.15) is 0 Å². The minimum atomic E-state index is -5.08. The van der Waals surface area contributed by atoms with Gasteiger partial charge in [-0.25, -0.2) is 4.79 Å². The number of carboxylic acid groups (broad SMARTS) is 1. The van der Waals surface area contributed by atoms with Crippen molar-refractivity contribution in [3.63, 3.8) is 0 Å². The van der Waals surface area contributed by atoms with Crippen LogP contribution in [-0.2, 0) is 9.59 Å². The number of carbonyl (C=O) groups is 2. The van der Waals surface area contributed by atoms with E-state index >= 15 is 0 Å². The molecule has 164 valence electrons. The van der Waals surface area contributed by atoms with E-state index in [0.29, 0.717) is 17.2 Å². The number of aromatic nitrogens is 2. The Kier molecular flexibility index (Phi) is 8.01. The average Bonchev–Trinajstić information content (AvgIpc) is 3.27. The molecule has 0 aliphatic carbocycles. The van der Waals surface area contributed by atoms with Gasteiger partial charge in [-0.3, -0.25) is 9.89 Å². The first-order valence-corrected chi connectivity index (χ1v) is 8.65. The lowest BCUT2D eigenvalue weighted by Crippen LogP contribution is -2.21. The summed E-state index contributed by atoms with van der Waals surface area (Å²) in [5.41, 5.74) is 2.72. The number of aromatic amines is 1. The van der Waals surface area contributed by atoms with Crippen LogP contribution in [0.1, 0.15) is 0 Å². The predicted molar refractivity (Wildman–Crippen MR) is 105 cm³/mol. The molecule has 3 N–H and O–H groups in total. The Morgan fingerprint density at radius 3 is 2.19 bits per heavy atom. The number of alkyl halides is 3. The minimum Gasteiger partial charge on any atom is -0.493 e. The van der Waals surface area contributed by atoms with E-state index in [9.17, 15) is 18.0 Å². The molecule has 0 aliphatic heterocycles. The number of benzene rings is 2. The normalized spacial score (nSPS) is 10.5. The zero-order chi connectivity index (χ0) is 22.9. The van der Waals surface area contributed by atoms with Crippen LogP contribution in [0.4, 0.5) is 18.9 Å². The lowest BCUT2D eigenvalue weighted by molar-refractivity contribution is -0.192. The number of aliphatic carboxylic acids is 1. The summed E-state index contributed by atoms with van der Waals surface area (Å²) in [7, 11) is 1.56. The molecule has 0 unspecified atom stereocenters. The monoisotopic (exact) mass is 437 g/mol. The number of hydrogen-bond donors (Lipinski definition) is 3. The highest BCUT2D eigenvalue weighted by molar-refractivity contribution is 5.92. The topological polar surface area (TPSA) is 114 Å². The Balaban J connectivity index is 0.000000423. The van der Waals surface area contributed by atoms with Crippen LogP contribution < -0.4 is 14.8 Å². The van der Waals surface area contributed by atoms with Gasteiger partial charge >= 0.3 is 12.1 Å². The van der Waals surface area contributed by atoms with E-state index in [0.717, 1.165) is 11.1 Å². The summed E-state index contributed by atoms with van der Waals surface area (Å²) in [6, 6.07) is 14.7. The van der Waals surface area contributed by atoms with E-state index < -0.39 is 12.1 Å². The van der Waals surface area contributed by atoms with E-state index in [4.69, 9.17) is 19.4 Å². The maximum atomic E-state index is 12.0. The quantitative estimate of drug-likeness (QED) is 0.542. The summed E-state index contributed by atoms with van der Waals surface area (Å²) < 4.78 is 42.4. The number of halogens is 3. The number of carbonyl (C=O) groups excluding carboxylic acids is 1. The summed E-state index contributed by atoms with van der Waals surface area (Å²) in [6.07, 6.45) is -1.52. The molecule has 0 radical (unpaired) electrons. The van der Waals surface area contributed by atoms with Crippen molar-refractivity contribution in [2.45, 2.75) is 6.18 Å². The summed E-state index contributed by atoms with van der Waals surface area (Å²) >= 11 is 0. The van der Waals surface area contributed by atoms with Crippen molar-refractivity contribution in [1.29, 1.82) is 0 Å². The highest BCUT2D eigenvalue weighted by atomic mass is 19.4. The first-order chi connectivity index (χ1) is 14.7. The average molecular weight is 437 g/mol. The molecule has 1 amide bonds. The van der Waals surface area contributed by atoms with Gasteiger partial charge in [0.05, 0.1) is 13.3 Å². The largest absolute Gasteiger partial charge is 0.493 e. The summed E-state index contributed by atoms with van der Waals surface area (Å²) in [4.78, 5) is 20.9. The Labute approximate surface area is 174 Å². The molecule has 31 heavy (non-hydrogen) atoms. The van der Waals surface area contributed by atoms with Crippen LogP contribution >= 0.6 is 0 Å². The van der Waals surface area contributed by atoms with Gasteiger partial charge < -0.3 is 19.9 Å². The van der Waals surface area contributed by atoms with Crippen LogP contribution in [0.2, 0.25) is 0 Å². The number of rotatable bonds is 6. The minimum absolute atomic E-state index is 0.0934. The van der Waals surface area contributed by atoms with Crippen molar-refractivity contribution in [2.75, 3.05) is 19.0 Å². The molecule has 0 spiro atoms. The van der Waals surface area contributed by atoms with Crippen molar-refractivity contribution in [2.24, 2.45) is 0 Å². The Morgan fingerprint density at radius 1 is 1.06 bits per heavy atom. The van der Waals surface area contributed by atoms with E-state index in [1.165, 1.54) is 0 Å². The number of H-pyrrole nitrogens is 1. The SMILES string of the molecule is COc1ccccc1OCC(=O)Nc1ccc(-c2cn[nH]c2)cc1.O=C(O)C(F)(F)F. The third-order valence-corrected chi connectivity index (χ3v) is 3.67. The van der Waals surface area contributed by atoms with Crippen molar-refractivity contribution < 1.29 is 37.3 Å². The molecule has 8 nitrogen and oxygen atoms in total. The molecule has 3 aromatic rings. The van der Waals surface area contributed by atoms with Gasteiger partial charge in [-0.1, -0.05) is 24.3 Å². The Hall–Kier alpha value is -4.02. The fourth-order valence-corrected chi connectivity index (χ4v) is 2.23. The van der Waals surface area contributed by atoms with Crippen LogP contribution in [0.3, 0.4) is 0 Å². The molecular weight excluding hydrogens is 419 g/mol. The van der Waals surface area contributed by atoms with Crippen molar-refractivity contribution >= 4 is 17.6 Å². The maximum Gasteiger partial charge on any atom is 0.490 e. The molecule has 11 heteroatoms. The Morgan fingerprint density at radius 2 is 1.68 bits per heavy atom. The predicted octanol–water partition coefficient (Wildman–Crippen LogP) is 3.74. The van der Waals surface area contributed by atoms with Gasteiger partial charge in [-0.15, -0.1) is 0 Å². The van der Waals surface area contributed by atoms with E-state index in [1.807, 2.05) is 42.6 Å². The van der Waals surface area contributed by atoms with Gasteiger partial charge in [0, 0.05) is 17.4 Å². The number of hydrogen-bond acceptors (Lipinski definition) is 5. The van der Waals surface area contributed by atoms with Crippen LogP contribution in [0.25, 0.3) is 11.1 Å². The number of nitrogens with one attached hydrogen (secondary N) is 2. The van der Waals surface area contributed by atoms with Gasteiger partial charge in [0.2, 0.25) is 0 Å². The molecule has 3 rings (SSSR count). The number of carboxylic acids is 1. The molecule has 1 aromatic heterocycles. The molecule has 0 atom stereocenters. The lowest BCUT2D eigenvalue weighted by Gasteiger charge is -2.10. The second kappa shape index (κ2) is 10.7. The number of nitrogens with zero attached hydrogens (tertiary/aromatic N) is 1. The van der Waals surface area contributed by atoms with Crippen LogP contribution in [0.15, 0.2) is 60.9 Å². The van der Waals surface area contributed by atoms with Gasteiger partial charge in [-0.2, -0.15) is 18.3 Å². The third kappa shape index (κ3) is 7.38. The fourth-order valence-electron chi connectivity index (χ4n) is 2.23. The standard InChI is InChI=1S/C18H17N3O3.C2HF3O2/c1-23-16-4-2-3-5-17(16)24-12-18(22)21-15-8-6-13(7-9-15)14-10-19-20-11-14;3-2(4,5)1(6)7/h2-11H,12H2,1H3,(H,19,20)(H,21,22);(H,6,7). The zero-order valence-electron chi connectivity index (χ0n) is 16.1. The molecule has 0 fully saturated rings. The molecule has 2 aromatic carbocycles. The first kappa shape index (κ1) is 23.3. The van der Waals surface area contributed by atoms with Crippen molar-refractivity contribution in [1.82, 2.24) is 10.2 Å². The van der Waals surface area contributed by atoms with E-state index in [1.54, 1.807) is 25.4 Å². The third-order valence-electron chi connectivity index (χ3n) is 3.67. The van der Waals surface area contributed by atoms with E-state index in [-0.39, 0.29) is 12.5 Å². The number of methoxy groups -OCH3 is 1. The second-order valence-corrected chi connectivity index (χ2v) is 5.85. The zero-order valence-corrected chi connectivity index (χ0v) is 16.1. The molecule has 0 saturated heterocycles. The highest BCUT2D eigenvalue weighted by Crippen LogP contribution is 2.25. The van der Waals surface area contributed by atoms with Gasteiger partial charge in [0.25, 0.3) is 5.91 Å². The first-order valence-electron chi connectivity index (χ1n) is 8.65. The second-order valence-electron chi connectivity index (χ2n) is 5.85. The summed E-state index contributed by atoms with van der Waals surface area (Å²) in [5, 5.41) is 16.6. The van der Waals surface area contributed by atoms with Gasteiger partial charge in [0.15, 0.2) is 18.1 Å². The summed E-state index contributed by atoms with van der Waals surface area (Å²) in [5.74, 6) is -1.87. The number of anilines is 1. The number of para-hydroxylation sites is 2.